The van der Waals surface area contributed by atoms with E-state index in [1.54, 1.807) is 12.1 Å². The zero-order chi connectivity index (χ0) is 13.0. The second-order valence-electron chi connectivity index (χ2n) is 3.59. The minimum atomic E-state index is -0.464. The molecule has 1 amide bonds. The topological polar surface area (TPSA) is 101 Å². The van der Waals surface area contributed by atoms with Gasteiger partial charge in [0.25, 0.3) is 11.6 Å². The van der Waals surface area contributed by atoms with Gasteiger partial charge in [-0.3, -0.25) is 20.0 Å². The Morgan fingerprint density at radius 3 is 2.67 bits per heavy atom. The van der Waals surface area contributed by atoms with Crippen LogP contribution in [0, 0.1) is 10.1 Å². The molecule has 0 unspecified atom stereocenters. The van der Waals surface area contributed by atoms with Crippen LogP contribution in [0.5, 0.6) is 0 Å². The summed E-state index contributed by atoms with van der Waals surface area (Å²) in [4.78, 5) is 21.6. The Labute approximate surface area is 102 Å². The third-order valence-electron chi connectivity index (χ3n) is 2.36. The van der Waals surface area contributed by atoms with E-state index in [0.29, 0.717) is 12.1 Å². The average Bonchev–Trinajstić information content (AvgIpc) is 2.90. The van der Waals surface area contributed by atoms with Crippen molar-refractivity contribution in [1.29, 1.82) is 0 Å². The highest BCUT2D eigenvalue weighted by atomic mass is 16.6. The van der Waals surface area contributed by atoms with E-state index in [4.69, 9.17) is 0 Å². The van der Waals surface area contributed by atoms with E-state index in [-0.39, 0.29) is 11.6 Å². The number of amides is 1. The Morgan fingerprint density at radius 2 is 2.11 bits per heavy atom. The number of H-pyrrole nitrogens is 1. The van der Waals surface area contributed by atoms with Crippen molar-refractivity contribution in [3.05, 3.63) is 57.9 Å². The van der Waals surface area contributed by atoms with Crippen LogP contribution < -0.4 is 5.32 Å². The van der Waals surface area contributed by atoms with Gasteiger partial charge in [-0.05, 0) is 5.56 Å². The summed E-state index contributed by atoms with van der Waals surface area (Å²) in [5, 5.41) is 19.4. The van der Waals surface area contributed by atoms with Crippen LogP contribution in [-0.4, -0.2) is 21.0 Å². The molecule has 2 aromatic rings. The maximum Gasteiger partial charge on any atom is 0.269 e. The van der Waals surface area contributed by atoms with Crippen molar-refractivity contribution in [2.45, 2.75) is 6.54 Å². The van der Waals surface area contributed by atoms with Gasteiger partial charge in [-0.15, -0.1) is 0 Å². The highest BCUT2D eigenvalue weighted by Gasteiger charge is 2.07. The van der Waals surface area contributed by atoms with Gasteiger partial charge in [0.1, 0.15) is 0 Å². The number of carbonyl (C=O) groups excluding carboxylic acids is 1. The minimum Gasteiger partial charge on any atom is -0.348 e. The molecule has 1 aromatic heterocycles. The number of hydrogen-bond donors (Lipinski definition) is 2. The lowest BCUT2D eigenvalue weighted by Gasteiger charge is -2.03. The van der Waals surface area contributed by atoms with Crippen molar-refractivity contribution >= 4 is 11.6 Å². The Balaban J connectivity index is 1.94. The highest BCUT2D eigenvalue weighted by Crippen LogP contribution is 2.11. The van der Waals surface area contributed by atoms with E-state index in [0.717, 1.165) is 5.56 Å². The molecule has 0 saturated heterocycles. The molecule has 0 aliphatic carbocycles. The molecule has 2 N–H and O–H groups in total. The van der Waals surface area contributed by atoms with Crippen molar-refractivity contribution in [3.63, 3.8) is 0 Å². The van der Waals surface area contributed by atoms with E-state index in [1.165, 1.54) is 24.5 Å². The number of aromatic amines is 1. The van der Waals surface area contributed by atoms with Crippen LogP contribution >= 0.6 is 0 Å². The molecule has 0 bridgehead atoms. The number of carbonyl (C=O) groups is 1. The lowest BCUT2D eigenvalue weighted by Crippen LogP contribution is -2.22. The molecule has 0 atom stereocenters. The standard InChI is InChI=1S/C11H10N4O3/c16-11(9-6-13-14-7-9)12-5-8-1-3-10(4-2-8)15(17)18/h1-4,6-7H,5H2,(H,12,16)(H,13,14). The average molecular weight is 246 g/mol. The molecule has 92 valence electrons. The summed E-state index contributed by atoms with van der Waals surface area (Å²) >= 11 is 0. The Morgan fingerprint density at radius 1 is 1.39 bits per heavy atom. The van der Waals surface area contributed by atoms with Crippen molar-refractivity contribution < 1.29 is 9.72 Å². The fourth-order valence-electron chi connectivity index (χ4n) is 1.39. The molecule has 7 heteroatoms. The quantitative estimate of drug-likeness (QED) is 0.626. The zero-order valence-corrected chi connectivity index (χ0v) is 9.29. The van der Waals surface area contributed by atoms with Gasteiger partial charge in [-0.25, -0.2) is 0 Å². The van der Waals surface area contributed by atoms with Crippen molar-refractivity contribution in [2.24, 2.45) is 0 Å². The van der Waals surface area contributed by atoms with Crippen molar-refractivity contribution in [1.82, 2.24) is 15.5 Å². The number of nitrogens with one attached hydrogen (secondary N) is 2. The van der Waals surface area contributed by atoms with Crippen LogP contribution in [-0.2, 0) is 6.54 Å². The first kappa shape index (κ1) is 11.8. The first-order valence-corrected chi connectivity index (χ1v) is 5.17. The van der Waals surface area contributed by atoms with E-state index >= 15 is 0 Å². The Hall–Kier alpha value is -2.70. The van der Waals surface area contributed by atoms with E-state index in [1.807, 2.05) is 0 Å². The van der Waals surface area contributed by atoms with Gasteiger partial charge in [0.2, 0.25) is 0 Å². The molecular weight excluding hydrogens is 236 g/mol. The summed E-state index contributed by atoms with van der Waals surface area (Å²) in [6.45, 7) is 0.308. The number of nitro groups is 1. The number of aromatic nitrogens is 2. The molecule has 0 saturated carbocycles. The summed E-state index contributed by atoms with van der Waals surface area (Å²) in [7, 11) is 0. The second-order valence-corrected chi connectivity index (χ2v) is 3.59. The molecule has 1 heterocycles. The van der Waals surface area contributed by atoms with Crippen LogP contribution in [0.3, 0.4) is 0 Å². The minimum absolute atomic E-state index is 0.0277. The monoisotopic (exact) mass is 246 g/mol. The molecule has 0 fully saturated rings. The number of non-ortho nitro benzene ring substituents is 1. The molecule has 0 aliphatic heterocycles. The van der Waals surface area contributed by atoms with Gasteiger partial charge in [0, 0.05) is 24.9 Å². The highest BCUT2D eigenvalue weighted by molar-refractivity contribution is 5.93. The molecule has 0 radical (unpaired) electrons. The smallest absolute Gasteiger partial charge is 0.269 e. The third kappa shape index (κ3) is 2.70. The first-order chi connectivity index (χ1) is 8.66. The fraction of sp³-hybridized carbons (Fsp3) is 0.0909. The van der Waals surface area contributed by atoms with Crippen LogP contribution in [0.15, 0.2) is 36.7 Å². The Bertz CT molecular complexity index is 548. The molecule has 2 rings (SSSR count). The molecular formula is C11H10N4O3. The Kier molecular flexibility index (Phi) is 3.33. The maximum atomic E-state index is 11.6. The van der Waals surface area contributed by atoms with Crippen LogP contribution in [0.25, 0.3) is 0 Å². The summed E-state index contributed by atoms with van der Waals surface area (Å²) < 4.78 is 0. The maximum absolute atomic E-state index is 11.6. The first-order valence-electron chi connectivity index (χ1n) is 5.17. The summed E-state index contributed by atoms with van der Waals surface area (Å²) in [5.41, 5.74) is 1.26. The molecule has 18 heavy (non-hydrogen) atoms. The van der Waals surface area contributed by atoms with Crippen LogP contribution in [0.4, 0.5) is 5.69 Å². The van der Waals surface area contributed by atoms with Crippen molar-refractivity contribution in [3.8, 4) is 0 Å². The van der Waals surface area contributed by atoms with Gasteiger partial charge < -0.3 is 5.32 Å². The summed E-state index contributed by atoms with van der Waals surface area (Å²) in [5.74, 6) is -0.248. The van der Waals surface area contributed by atoms with Crippen molar-refractivity contribution in [2.75, 3.05) is 0 Å². The predicted octanol–water partition coefficient (Wildman–Crippen LogP) is 1.25. The van der Waals surface area contributed by atoms with Crippen LogP contribution in [0.2, 0.25) is 0 Å². The lowest BCUT2D eigenvalue weighted by atomic mass is 10.2. The molecule has 1 aromatic carbocycles. The van der Waals surface area contributed by atoms with Crippen LogP contribution in [0.1, 0.15) is 15.9 Å². The molecule has 7 nitrogen and oxygen atoms in total. The van der Waals surface area contributed by atoms with Gasteiger partial charge in [-0.2, -0.15) is 5.10 Å². The number of rotatable bonds is 4. The zero-order valence-electron chi connectivity index (χ0n) is 9.29. The predicted molar refractivity (Wildman–Crippen MR) is 62.9 cm³/mol. The third-order valence-corrected chi connectivity index (χ3v) is 2.36. The van der Waals surface area contributed by atoms with E-state index < -0.39 is 4.92 Å². The van der Waals surface area contributed by atoms with E-state index in [9.17, 15) is 14.9 Å². The second kappa shape index (κ2) is 5.09. The lowest BCUT2D eigenvalue weighted by molar-refractivity contribution is -0.384. The largest absolute Gasteiger partial charge is 0.348 e. The summed E-state index contributed by atoms with van der Waals surface area (Å²) in [6, 6.07) is 6.01. The molecule has 0 spiro atoms. The normalized spacial score (nSPS) is 10.0. The number of nitro benzene ring substituents is 1. The van der Waals surface area contributed by atoms with E-state index in [2.05, 4.69) is 15.5 Å². The SMILES string of the molecule is O=C(NCc1ccc([N+](=O)[O-])cc1)c1cn[nH]c1. The molecule has 0 aliphatic rings. The van der Waals surface area contributed by atoms with Gasteiger partial charge in [0.15, 0.2) is 0 Å². The fourth-order valence-corrected chi connectivity index (χ4v) is 1.39. The summed E-state index contributed by atoms with van der Waals surface area (Å²) in [6.07, 6.45) is 2.91. The number of nitrogens with zero attached hydrogens (tertiary/aromatic N) is 2. The van der Waals surface area contributed by atoms with Gasteiger partial charge in [-0.1, -0.05) is 12.1 Å². The number of benzene rings is 1. The van der Waals surface area contributed by atoms with Gasteiger partial charge >= 0.3 is 0 Å². The number of hydrogen-bond acceptors (Lipinski definition) is 4. The van der Waals surface area contributed by atoms with Gasteiger partial charge in [0.05, 0.1) is 16.7 Å².